The van der Waals surface area contributed by atoms with Gasteiger partial charge in [-0.1, -0.05) is 60.7 Å². The summed E-state index contributed by atoms with van der Waals surface area (Å²) in [5.74, 6) is -1.84. The van der Waals surface area contributed by atoms with Crippen LogP contribution in [0, 0.1) is 0 Å². The fraction of sp³-hybridized carbons (Fsp3) is 0.348. The van der Waals surface area contributed by atoms with Crippen LogP contribution in [0.2, 0.25) is 0 Å². The number of hydrogen-bond acceptors (Lipinski definition) is 4. The molecule has 0 aromatic heterocycles. The van der Waals surface area contributed by atoms with Crippen molar-refractivity contribution in [2.24, 2.45) is 5.73 Å². The first-order chi connectivity index (χ1) is 14.5. The lowest BCUT2D eigenvalue weighted by atomic mass is 10.0. The zero-order valence-corrected chi connectivity index (χ0v) is 16.7. The van der Waals surface area contributed by atoms with Crippen LogP contribution in [0.3, 0.4) is 0 Å². The smallest absolute Gasteiger partial charge is 0.326 e. The van der Waals surface area contributed by atoms with E-state index in [1.54, 1.807) is 0 Å². The van der Waals surface area contributed by atoms with Gasteiger partial charge in [0.2, 0.25) is 11.8 Å². The van der Waals surface area contributed by atoms with E-state index in [2.05, 4.69) is 5.32 Å². The molecule has 2 aromatic rings. The number of nitrogens with two attached hydrogens (primary N) is 1. The molecule has 1 saturated heterocycles. The van der Waals surface area contributed by atoms with E-state index in [9.17, 15) is 19.5 Å². The minimum Gasteiger partial charge on any atom is -0.480 e. The zero-order valence-electron chi connectivity index (χ0n) is 16.7. The van der Waals surface area contributed by atoms with Crippen LogP contribution in [-0.2, 0) is 27.2 Å². The molecule has 7 heteroatoms. The van der Waals surface area contributed by atoms with Crippen molar-refractivity contribution >= 4 is 17.8 Å². The average molecular weight is 409 g/mol. The highest BCUT2D eigenvalue weighted by atomic mass is 16.4. The Morgan fingerprint density at radius 3 is 2.13 bits per heavy atom. The van der Waals surface area contributed by atoms with Crippen LogP contribution in [0.25, 0.3) is 0 Å². The Hall–Kier alpha value is -3.19. The summed E-state index contributed by atoms with van der Waals surface area (Å²) in [5.41, 5.74) is 7.89. The number of hydrogen-bond donors (Lipinski definition) is 3. The van der Waals surface area contributed by atoms with Crippen LogP contribution in [0.1, 0.15) is 24.0 Å². The molecule has 3 atom stereocenters. The molecule has 0 aliphatic carbocycles. The predicted octanol–water partition coefficient (Wildman–Crippen LogP) is 1.36. The van der Waals surface area contributed by atoms with E-state index in [1.165, 1.54) is 4.90 Å². The number of rotatable bonds is 8. The molecule has 1 heterocycles. The summed E-state index contributed by atoms with van der Waals surface area (Å²) in [6, 6.07) is 16.2. The highest BCUT2D eigenvalue weighted by molar-refractivity contribution is 5.92. The van der Waals surface area contributed by atoms with Gasteiger partial charge in [-0.3, -0.25) is 9.59 Å². The van der Waals surface area contributed by atoms with Crippen LogP contribution in [0.15, 0.2) is 60.7 Å². The maximum absolute atomic E-state index is 13.2. The molecule has 0 spiro atoms. The maximum atomic E-state index is 13.2. The number of nitrogens with zero attached hydrogens (tertiary/aromatic N) is 1. The summed E-state index contributed by atoms with van der Waals surface area (Å²) in [6.45, 7) is 0.368. The van der Waals surface area contributed by atoms with E-state index in [0.29, 0.717) is 25.8 Å². The van der Waals surface area contributed by atoms with E-state index in [1.807, 2.05) is 60.7 Å². The van der Waals surface area contributed by atoms with Crippen LogP contribution in [0.4, 0.5) is 0 Å². The standard InChI is InChI=1S/C23H27N3O4/c24-18(14-16-8-3-1-4-9-16)21(27)25-19(15-17-10-5-2-6-11-17)22(28)26-13-7-12-20(26)23(29)30/h1-6,8-11,18-20H,7,12-15,24H2,(H,25,27)(H,29,30)/t18-,19-,20-/m1/s1. The molecule has 1 aliphatic rings. The third-order valence-electron chi connectivity index (χ3n) is 5.35. The number of carbonyl (C=O) groups excluding carboxylic acids is 2. The second kappa shape index (κ2) is 10.0. The van der Waals surface area contributed by atoms with Crippen molar-refractivity contribution in [2.75, 3.05) is 6.54 Å². The van der Waals surface area contributed by atoms with Gasteiger partial charge in [0.15, 0.2) is 0 Å². The summed E-state index contributed by atoms with van der Waals surface area (Å²) in [4.78, 5) is 38.8. The normalized spacial score (nSPS) is 17.9. The first-order valence-electron chi connectivity index (χ1n) is 10.1. The number of nitrogens with one attached hydrogen (secondary N) is 1. The highest BCUT2D eigenvalue weighted by Crippen LogP contribution is 2.19. The Morgan fingerprint density at radius 2 is 1.57 bits per heavy atom. The van der Waals surface area contributed by atoms with Gasteiger partial charge in [0.25, 0.3) is 0 Å². The molecule has 1 fully saturated rings. The van der Waals surface area contributed by atoms with Gasteiger partial charge in [-0.2, -0.15) is 0 Å². The van der Waals surface area contributed by atoms with Gasteiger partial charge in [-0.05, 0) is 30.4 Å². The number of carboxylic acid groups (broad SMARTS) is 1. The van der Waals surface area contributed by atoms with E-state index < -0.39 is 30.0 Å². The molecule has 0 radical (unpaired) electrons. The molecule has 30 heavy (non-hydrogen) atoms. The largest absolute Gasteiger partial charge is 0.480 e. The molecule has 158 valence electrons. The van der Waals surface area contributed by atoms with Gasteiger partial charge < -0.3 is 21.1 Å². The molecule has 7 nitrogen and oxygen atoms in total. The fourth-order valence-electron chi connectivity index (χ4n) is 3.78. The maximum Gasteiger partial charge on any atom is 0.326 e. The van der Waals surface area contributed by atoms with Crippen LogP contribution in [-0.4, -0.2) is 52.5 Å². The number of benzene rings is 2. The molecular formula is C23H27N3O4. The lowest BCUT2D eigenvalue weighted by molar-refractivity contribution is -0.149. The van der Waals surface area contributed by atoms with E-state index in [-0.39, 0.29) is 12.3 Å². The molecule has 0 bridgehead atoms. The summed E-state index contributed by atoms with van der Waals surface area (Å²) >= 11 is 0. The predicted molar refractivity (Wildman–Crippen MR) is 113 cm³/mol. The van der Waals surface area contributed by atoms with Crippen molar-refractivity contribution in [3.63, 3.8) is 0 Å². The van der Waals surface area contributed by atoms with Gasteiger partial charge in [-0.15, -0.1) is 0 Å². The number of amides is 2. The van der Waals surface area contributed by atoms with Gasteiger partial charge in [0, 0.05) is 13.0 Å². The highest BCUT2D eigenvalue weighted by Gasteiger charge is 2.38. The minimum atomic E-state index is -1.02. The second-order valence-electron chi connectivity index (χ2n) is 7.58. The number of carboxylic acids is 1. The van der Waals surface area contributed by atoms with Gasteiger partial charge in [0.1, 0.15) is 12.1 Å². The molecule has 1 aliphatic heterocycles. The first-order valence-corrected chi connectivity index (χ1v) is 10.1. The van der Waals surface area contributed by atoms with E-state index >= 15 is 0 Å². The third kappa shape index (κ3) is 5.45. The Bertz CT molecular complexity index is 873. The van der Waals surface area contributed by atoms with Gasteiger partial charge in [0.05, 0.1) is 6.04 Å². The van der Waals surface area contributed by atoms with Crippen LogP contribution in [0.5, 0.6) is 0 Å². The van der Waals surface area contributed by atoms with Crippen molar-refractivity contribution in [3.05, 3.63) is 71.8 Å². The second-order valence-corrected chi connectivity index (χ2v) is 7.58. The molecule has 0 saturated carbocycles. The van der Waals surface area contributed by atoms with Gasteiger partial charge >= 0.3 is 5.97 Å². The number of likely N-dealkylation sites (tertiary alicyclic amines) is 1. The van der Waals surface area contributed by atoms with Crippen molar-refractivity contribution in [1.82, 2.24) is 10.2 Å². The zero-order chi connectivity index (χ0) is 21.5. The summed E-state index contributed by atoms with van der Waals surface area (Å²) in [7, 11) is 0. The van der Waals surface area contributed by atoms with E-state index in [0.717, 1.165) is 11.1 Å². The number of aliphatic carboxylic acids is 1. The van der Waals surface area contributed by atoms with Crippen LogP contribution >= 0.6 is 0 Å². The summed E-state index contributed by atoms with van der Waals surface area (Å²) in [6.07, 6.45) is 1.66. The Balaban J connectivity index is 1.74. The molecule has 2 aromatic carbocycles. The summed E-state index contributed by atoms with van der Waals surface area (Å²) < 4.78 is 0. The van der Waals surface area contributed by atoms with Crippen LogP contribution < -0.4 is 11.1 Å². The topological polar surface area (TPSA) is 113 Å². The Labute approximate surface area is 175 Å². The molecule has 0 unspecified atom stereocenters. The monoisotopic (exact) mass is 409 g/mol. The molecule has 2 amide bonds. The third-order valence-corrected chi connectivity index (χ3v) is 5.35. The quantitative estimate of drug-likeness (QED) is 0.609. The van der Waals surface area contributed by atoms with Crippen molar-refractivity contribution in [2.45, 2.75) is 43.8 Å². The lowest BCUT2D eigenvalue weighted by Gasteiger charge is -2.28. The molecule has 3 rings (SSSR count). The Kier molecular flexibility index (Phi) is 7.19. The Morgan fingerprint density at radius 1 is 1.00 bits per heavy atom. The van der Waals surface area contributed by atoms with Crippen molar-refractivity contribution in [1.29, 1.82) is 0 Å². The van der Waals surface area contributed by atoms with Crippen molar-refractivity contribution < 1.29 is 19.5 Å². The fourth-order valence-corrected chi connectivity index (χ4v) is 3.78. The molecular weight excluding hydrogens is 382 g/mol. The summed E-state index contributed by atoms with van der Waals surface area (Å²) in [5, 5.41) is 12.2. The lowest BCUT2D eigenvalue weighted by Crippen LogP contribution is -2.55. The number of carbonyl (C=O) groups is 3. The first kappa shape index (κ1) is 21.5. The SMILES string of the molecule is N[C@H](Cc1ccccc1)C(=O)N[C@H](Cc1ccccc1)C(=O)N1CCC[C@@H]1C(=O)O. The minimum absolute atomic E-state index is 0.270. The molecule has 4 N–H and O–H groups in total. The van der Waals surface area contributed by atoms with Crippen molar-refractivity contribution in [3.8, 4) is 0 Å². The average Bonchev–Trinajstić information content (AvgIpc) is 3.24. The van der Waals surface area contributed by atoms with Gasteiger partial charge in [-0.25, -0.2) is 4.79 Å². The van der Waals surface area contributed by atoms with E-state index in [4.69, 9.17) is 5.73 Å².